The van der Waals surface area contributed by atoms with Crippen LogP contribution in [0.15, 0.2) is 12.4 Å². The summed E-state index contributed by atoms with van der Waals surface area (Å²) >= 11 is 9.18. The number of rotatable bonds is 2. The lowest BCUT2D eigenvalue weighted by Crippen LogP contribution is -1.80. The first kappa shape index (κ1) is 10.3. The van der Waals surface area contributed by atoms with Crippen LogP contribution in [0.5, 0.6) is 0 Å². The van der Waals surface area contributed by atoms with Crippen molar-refractivity contribution in [1.29, 1.82) is 0 Å². The highest BCUT2D eigenvalue weighted by Gasteiger charge is 2.10. The molecule has 0 atom stereocenters. The molecule has 2 rings (SSSR count). The van der Waals surface area contributed by atoms with Gasteiger partial charge in [0, 0.05) is 0 Å². The van der Waals surface area contributed by atoms with E-state index in [0.717, 1.165) is 43.8 Å². The van der Waals surface area contributed by atoms with Crippen molar-refractivity contribution in [3.8, 4) is 0 Å². The fraction of sp³-hybridized carbons (Fsp3) is 0. The van der Waals surface area contributed by atoms with Crippen LogP contribution in [0.2, 0.25) is 0 Å². The second-order valence-corrected chi connectivity index (χ2v) is 4.91. The Hall–Kier alpha value is -0.180. The van der Waals surface area contributed by atoms with E-state index in [1.54, 1.807) is 12.4 Å². The number of hydrogen-bond acceptors (Lipinski definition) is 6. The van der Waals surface area contributed by atoms with E-state index in [1.807, 2.05) is 0 Å². The molecule has 0 bridgehead atoms. The molecule has 0 aliphatic heterocycles. The van der Waals surface area contributed by atoms with Crippen molar-refractivity contribution in [2.45, 2.75) is 0 Å². The molecule has 4 nitrogen and oxygen atoms in total. The summed E-state index contributed by atoms with van der Waals surface area (Å²) in [5, 5.41) is 0. The Morgan fingerprint density at radius 1 is 0.929 bits per heavy atom. The summed E-state index contributed by atoms with van der Waals surface area (Å²) in [6.45, 7) is 0. The lowest BCUT2D eigenvalue weighted by molar-refractivity contribution is 1.45. The molecule has 0 saturated heterocycles. The predicted molar refractivity (Wildman–Crippen MR) is 64.5 cm³/mol. The van der Waals surface area contributed by atoms with Gasteiger partial charge in [-0.2, -0.15) is 17.5 Å². The number of nitrogens with zero attached hydrogens (tertiary/aromatic N) is 4. The highest BCUT2D eigenvalue weighted by atomic mass is 79.9. The minimum Gasteiger partial charge on any atom is -0.181 e. The first-order chi connectivity index (χ1) is 6.79. The lowest BCUT2D eigenvalue weighted by Gasteiger charge is -1.96. The van der Waals surface area contributed by atoms with Gasteiger partial charge in [0.2, 0.25) is 0 Å². The van der Waals surface area contributed by atoms with Gasteiger partial charge in [-0.15, -0.1) is 0 Å². The highest BCUT2D eigenvalue weighted by molar-refractivity contribution is 9.18. The molecule has 0 aromatic carbocycles. The maximum Gasteiger partial charge on any atom is 0.112 e. The third kappa shape index (κ3) is 2.08. The van der Waals surface area contributed by atoms with E-state index in [9.17, 15) is 0 Å². The summed E-state index contributed by atoms with van der Waals surface area (Å²) in [6, 6.07) is 0. The summed E-state index contributed by atoms with van der Waals surface area (Å²) in [7, 11) is 0. The molecule has 0 amide bonds. The Labute approximate surface area is 105 Å². The summed E-state index contributed by atoms with van der Waals surface area (Å²) in [6.07, 6.45) is 3.38. The van der Waals surface area contributed by atoms with E-state index in [4.69, 9.17) is 0 Å². The first-order valence-corrected chi connectivity index (χ1v) is 6.45. The molecule has 2 heterocycles. The zero-order valence-electron chi connectivity index (χ0n) is 6.52. The van der Waals surface area contributed by atoms with Gasteiger partial charge in [-0.25, -0.2) is 0 Å². The molecule has 0 spiro atoms. The van der Waals surface area contributed by atoms with Crippen molar-refractivity contribution in [1.82, 2.24) is 17.5 Å². The molecule has 0 radical (unpaired) electrons. The smallest absolute Gasteiger partial charge is 0.112 e. The van der Waals surface area contributed by atoms with E-state index < -0.39 is 0 Å². The van der Waals surface area contributed by atoms with Gasteiger partial charge < -0.3 is 0 Å². The van der Waals surface area contributed by atoms with Gasteiger partial charge in [0.1, 0.15) is 11.4 Å². The van der Waals surface area contributed by atoms with Crippen molar-refractivity contribution in [3.05, 3.63) is 23.8 Å². The van der Waals surface area contributed by atoms with E-state index in [2.05, 4.69) is 49.4 Å². The fourth-order valence-corrected chi connectivity index (χ4v) is 2.61. The topological polar surface area (TPSA) is 51.6 Å². The van der Waals surface area contributed by atoms with Crippen LogP contribution in [-0.2, 0) is 0 Å². The molecule has 2 aromatic heterocycles. The normalized spacial score (nSPS) is 12.7. The van der Waals surface area contributed by atoms with Gasteiger partial charge in [0.25, 0.3) is 0 Å². The van der Waals surface area contributed by atoms with Crippen LogP contribution < -0.4 is 0 Å². The Morgan fingerprint density at radius 3 is 1.64 bits per heavy atom. The summed E-state index contributed by atoms with van der Waals surface area (Å²) < 4.78 is 17.7. The largest absolute Gasteiger partial charge is 0.181 e. The van der Waals surface area contributed by atoms with Gasteiger partial charge in [-0.3, -0.25) is 0 Å². The molecule has 0 aliphatic rings. The van der Waals surface area contributed by atoms with E-state index in [-0.39, 0.29) is 0 Å². The highest BCUT2D eigenvalue weighted by Crippen LogP contribution is 2.33. The number of hydrogen-bond donors (Lipinski definition) is 0. The summed E-state index contributed by atoms with van der Waals surface area (Å²) in [4.78, 5) is 0. The van der Waals surface area contributed by atoms with Crippen LogP contribution in [0.1, 0.15) is 11.4 Å². The molecular formula is C6H2Br2N4S2. The average molecular weight is 354 g/mol. The summed E-state index contributed by atoms with van der Waals surface area (Å²) in [5.74, 6) is 0. The van der Waals surface area contributed by atoms with Gasteiger partial charge >= 0.3 is 0 Å². The Balaban J connectivity index is 2.41. The standard InChI is InChI=1S/C6H2Br2N4S2/c7-5(3-1-9-13-11-3)6(8)4-2-10-14-12-4/h1-2H/b6-5-. The van der Waals surface area contributed by atoms with Gasteiger partial charge in [0.05, 0.1) is 44.8 Å². The molecule has 0 aliphatic carbocycles. The Kier molecular flexibility index (Phi) is 3.37. The first-order valence-electron chi connectivity index (χ1n) is 3.40. The second-order valence-electron chi connectivity index (χ2n) is 2.21. The van der Waals surface area contributed by atoms with Gasteiger partial charge in [0.15, 0.2) is 0 Å². The zero-order chi connectivity index (χ0) is 9.97. The SMILES string of the molecule is Br/C(=C(\Br)c1cnsn1)c1cnsn1. The second kappa shape index (κ2) is 4.56. The number of aromatic nitrogens is 4. The quantitative estimate of drug-likeness (QED) is 0.832. The molecule has 14 heavy (non-hydrogen) atoms. The van der Waals surface area contributed by atoms with E-state index in [1.165, 1.54) is 0 Å². The molecule has 8 heteroatoms. The monoisotopic (exact) mass is 352 g/mol. The lowest BCUT2D eigenvalue weighted by atomic mass is 10.3. The van der Waals surface area contributed by atoms with Crippen LogP contribution in [0.25, 0.3) is 8.96 Å². The van der Waals surface area contributed by atoms with Crippen LogP contribution in [0.3, 0.4) is 0 Å². The average Bonchev–Trinajstić information content (AvgIpc) is 2.87. The number of halogens is 2. The van der Waals surface area contributed by atoms with E-state index in [0.29, 0.717) is 0 Å². The molecule has 0 N–H and O–H groups in total. The van der Waals surface area contributed by atoms with Crippen LogP contribution in [0.4, 0.5) is 0 Å². The van der Waals surface area contributed by atoms with Crippen molar-refractivity contribution in [3.63, 3.8) is 0 Å². The van der Waals surface area contributed by atoms with Gasteiger partial charge in [-0.05, 0) is 31.9 Å². The predicted octanol–water partition coefficient (Wildman–Crippen LogP) is 3.01. The third-order valence-electron chi connectivity index (χ3n) is 1.37. The summed E-state index contributed by atoms with van der Waals surface area (Å²) in [5.41, 5.74) is 1.57. The van der Waals surface area contributed by atoms with Gasteiger partial charge in [-0.1, -0.05) is 0 Å². The minimum atomic E-state index is 0.787. The maximum absolute atomic E-state index is 4.10. The molecule has 0 saturated carbocycles. The molecule has 0 fully saturated rings. The third-order valence-corrected chi connectivity index (χ3v) is 4.46. The van der Waals surface area contributed by atoms with Crippen molar-refractivity contribution >= 4 is 64.3 Å². The molecular weight excluding hydrogens is 352 g/mol. The van der Waals surface area contributed by atoms with Crippen LogP contribution >= 0.6 is 55.3 Å². The zero-order valence-corrected chi connectivity index (χ0v) is 11.3. The maximum atomic E-state index is 4.10. The fourth-order valence-electron chi connectivity index (χ4n) is 0.748. The van der Waals surface area contributed by atoms with Crippen molar-refractivity contribution in [2.75, 3.05) is 0 Å². The molecule has 0 unspecified atom stereocenters. The van der Waals surface area contributed by atoms with Crippen LogP contribution in [-0.4, -0.2) is 17.5 Å². The van der Waals surface area contributed by atoms with E-state index >= 15 is 0 Å². The van der Waals surface area contributed by atoms with Crippen molar-refractivity contribution < 1.29 is 0 Å². The molecule has 72 valence electrons. The Morgan fingerprint density at radius 2 is 1.36 bits per heavy atom. The Bertz CT molecular complexity index is 394. The minimum absolute atomic E-state index is 0.787. The van der Waals surface area contributed by atoms with Crippen LogP contribution in [0, 0.1) is 0 Å². The van der Waals surface area contributed by atoms with Crippen molar-refractivity contribution in [2.24, 2.45) is 0 Å². The molecule has 2 aromatic rings.